The van der Waals surface area contributed by atoms with Crippen molar-refractivity contribution in [2.24, 2.45) is 0 Å². The van der Waals surface area contributed by atoms with Gasteiger partial charge < -0.3 is 15.4 Å². The molecule has 144 valence electrons. The molecule has 0 aliphatic heterocycles. The molecule has 2 amide bonds. The molecule has 1 heterocycles. The Morgan fingerprint density at radius 1 is 1.15 bits per heavy atom. The largest absolute Gasteiger partial charge is 0.477 e. The van der Waals surface area contributed by atoms with Crippen LogP contribution in [0.3, 0.4) is 0 Å². The molecule has 6 nitrogen and oxygen atoms in total. The third-order valence-electron chi connectivity index (χ3n) is 3.42. The maximum Gasteiger partial charge on any atom is 0.418 e. The van der Waals surface area contributed by atoms with Crippen molar-refractivity contribution < 1.29 is 27.5 Å². The van der Waals surface area contributed by atoms with Crippen LogP contribution in [0.5, 0.6) is 5.88 Å². The quantitative estimate of drug-likeness (QED) is 0.820. The minimum atomic E-state index is -4.73. The van der Waals surface area contributed by atoms with Crippen LogP contribution >= 0.6 is 0 Å². The summed E-state index contributed by atoms with van der Waals surface area (Å²) in [5, 5.41) is 4.52. The fourth-order valence-corrected chi connectivity index (χ4v) is 2.31. The van der Waals surface area contributed by atoms with E-state index in [0.29, 0.717) is 5.69 Å². The van der Waals surface area contributed by atoms with E-state index in [0.717, 1.165) is 12.1 Å². The van der Waals surface area contributed by atoms with Gasteiger partial charge in [0, 0.05) is 18.3 Å². The number of hydrogen-bond donors (Lipinski definition) is 2. The van der Waals surface area contributed by atoms with E-state index in [-0.39, 0.29) is 23.7 Å². The predicted octanol–water partition coefficient (Wildman–Crippen LogP) is 4.02. The van der Waals surface area contributed by atoms with Gasteiger partial charge in [-0.05, 0) is 44.2 Å². The summed E-state index contributed by atoms with van der Waals surface area (Å²) in [5.74, 6) is -1.26. The van der Waals surface area contributed by atoms with E-state index in [1.807, 2.05) is 0 Å². The third-order valence-corrected chi connectivity index (χ3v) is 3.42. The van der Waals surface area contributed by atoms with E-state index in [9.17, 15) is 22.8 Å². The molecule has 0 unspecified atom stereocenters. The first-order valence-electron chi connectivity index (χ1n) is 8.02. The molecule has 0 spiro atoms. The number of alkyl halides is 3. The van der Waals surface area contributed by atoms with Crippen LogP contribution in [0.25, 0.3) is 0 Å². The second-order valence-corrected chi connectivity index (χ2v) is 5.63. The van der Waals surface area contributed by atoms with Crippen molar-refractivity contribution in [3.63, 3.8) is 0 Å². The summed E-state index contributed by atoms with van der Waals surface area (Å²) in [7, 11) is 0. The first-order valence-corrected chi connectivity index (χ1v) is 8.02. The standard InChI is InChI=1S/C18H18F3N3O3/c1-4-27-17-13(7-5-10(2)22-17)16(26)24-15-8-6-12(23-11(3)25)9-14(15)18(19,20)21/h5-9H,4H2,1-3H3,(H,23,25)(H,24,26). The number of nitrogens with one attached hydrogen (secondary N) is 2. The van der Waals surface area contributed by atoms with Crippen molar-refractivity contribution in [3.8, 4) is 5.88 Å². The van der Waals surface area contributed by atoms with Crippen LogP contribution in [0.4, 0.5) is 24.5 Å². The molecule has 0 radical (unpaired) electrons. The van der Waals surface area contributed by atoms with Gasteiger partial charge in [0.25, 0.3) is 5.91 Å². The Labute approximate surface area is 153 Å². The molecule has 0 aliphatic rings. The number of amides is 2. The molecule has 0 aliphatic carbocycles. The summed E-state index contributed by atoms with van der Waals surface area (Å²) in [6, 6.07) is 6.09. The molecule has 0 saturated carbocycles. The van der Waals surface area contributed by atoms with Crippen LogP contribution in [0.2, 0.25) is 0 Å². The summed E-state index contributed by atoms with van der Waals surface area (Å²) in [6.45, 7) is 4.83. The monoisotopic (exact) mass is 381 g/mol. The highest BCUT2D eigenvalue weighted by molar-refractivity contribution is 6.06. The van der Waals surface area contributed by atoms with Crippen LogP contribution in [0, 0.1) is 6.92 Å². The van der Waals surface area contributed by atoms with Crippen molar-refractivity contribution in [2.45, 2.75) is 26.9 Å². The van der Waals surface area contributed by atoms with Crippen LogP contribution in [-0.2, 0) is 11.0 Å². The van der Waals surface area contributed by atoms with Gasteiger partial charge in [0.05, 0.1) is 17.9 Å². The van der Waals surface area contributed by atoms with Crippen molar-refractivity contribution in [1.29, 1.82) is 0 Å². The number of anilines is 2. The average molecular weight is 381 g/mol. The van der Waals surface area contributed by atoms with E-state index in [4.69, 9.17) is 4.74 Å². The Bertz CT molecular complexity index is 867. The number of carbonyl (C=O) groups excluding carboxylic acids is 2. The van der Waals surface area contributed by atoms with Crippen LogP contribution in [-0.4, -0.2) is 23.4 Å². The van der Waals surface area contributed by atoms with Gasteiger partial charge in [-0.15, -0.1) is 0 Å². The molecule has 2 N–H and O–H groups in total. The molecule has 0 saturated heterocycles. The van der Waals surface area contributed by atoms with Gasteiger partial charge in [0.2, 0.25) is 11.8 Å². The molecule has 9 heteroatoms. The zero-order chi connectivity index (χ0) is 20.2. The lowest BCUT2D eigenvalue weighted by Crippen LogP contribution is -2.18. The molecule has 1 aromatic heterocycles. The number of carbonyl (C=O) groups is 2. The van der Waals surface area contributed by atoms with Gasteiger partial charge in [0.15, 0.2) is 0 Å². The van der Waals surface area contributed by atoms with E-state index in [2.05, 4.69) is 15.6 Å². The SMILES string of the molecule is CCOc1nc(C)ccc1C(=O)Nc1ccc(NC(C)=O)cc1C(F)(F)F. The van der Waals surface area contributed by atoms with Crippen LogP contribution in [0.15, 0.2) is 30.3 Å². The van der Waals surface area contributed by atoms with Crippen LogP contribution in [0.1, 0.15) is 35.5 Å². The number of benzene rings is 1. The molecular formula is C18H18F3N3O3. The second-order valence-electron chi connectivity index (χ2n) is 5.63. The van der Waals surface area contributed by atoms with Gasteiger partial charge >= 0.3 is 6.18 Å². The van der Waals surface area contributed by atoms with Gasteiger partial charge in [-0.25, -0.2) is 4.98 Å². The fraction of sp³-hybridized carbons (Fsp3) is 0.278. The summed E-state index contributed by atoms with van der Waals surface area (Å²) < 4.78 is 45.4. The molecule has 2 aromatic rings. The van der Waals surface area contributed by atoms with Gasteiger partial charge in [-0.3, -0.25) is 9.59 Å². The molecule has 2 rings (SSSR count). The van der Waals surface area contributed by atoms with Crippen molar-refractivity contribution in [1.82, 2.24) is 4.98 Å². The van der Waals surface area contributed by atoms with E-state index >= 15 is 0 Å². The molecule has 1 aromatic carbocycles. The minimum Gasteiger partial charge on any atom is -0.477 e. The fourth-order valence-electron chi connectivity index (χ4n) is 2.31. The number of aromatic nitrogens is 1. The zero-order valence-electron chi connectivity index (χ0n) is 14.9. The lowest BCUT2D eigenvalue weighted by atomic mass is 10.1. The number of pyridine rings is 1. The minimum absolute atomic E-state index is 0.0153. The van der Waals surface area contributed by atoms with Crippen molar-refractivity contribution in [3.05, 3.63) is 47.2 Å². The summed E-state index contributed by atoms with van der Waals surface area (Å²) in [4.78, 5) is 27.7. The third kappa shape index (κ3) is 5.19. The molecule has 0 fully saturated rings. The number of ether oxygens (including phenoxy) is 1. The Morgan fingerprint density at radius 3 is 2.44 bits per heavy atom. The Hall–Kier alpha value is -3.10. The number of hydrogen-bond acceptors (Lipinski definition) is 4. The highest BCUT2D eigenvalue weighted by Crippen LogP contribution is 2.37. The van der Waals surface area contributed by atoms with Crippen molar-refractivity contribution >= 4 is 23.2 Å². The molecule has 0 atom stereocenters. The molecule has 0 bridgehead atoms. The summed E-state index contributed by atoms with van der Waals surface area (Å²) in [6.07, 6.45) is -4.73. The van der Waals surface area contributed by atoms with E-state index in [1.165, 1.54) is 19.1 Å². The maximum atomic E-state index is 13.4. The lowest BCUT2D eigenvalue weighted by molar-refractivity contribution is -0.137. The smallest absolute Gasteiger partial charge is 0.418 e. The Balaban J connectivity index is 2.39. The topological polar surface area (TPSA) is 80.3 Å². The van der Waals surface area contributed by atoms with E-state index in [1.54, 1.807) is 19.9 Å². The Morgan fingerprint density at radius 2 is 1.85 bits per heavy atom. The van der Waals surface area contributed by atoms with Crippen molar-refractivity contribution in [2.75, 3.05) is 17.2 Å². The first-order chi connectivity index (χ1) is 12.6. The second kappa shape index (κ2) is 8.07. The Kier molecular flexibility index (Phi) is 6.04. The number of aryl methyl sites for hydroxylation is 1. The number of rotatable bonds is 5. The zero-order valence-corrected chi connectivity index (χ0v) is 14.9. The van der Waals surface area contributed by atoms with Gasteiger partial charge in [-0.2, -0.15) is 13.2 Å². The highest BCUT2D eigenvalue weighted by atomic mass is 19.4. The van der Waals surface area contributed by atoms with E-state index < -0.39 is 29.2 Å². The molecular weight excluding hydrogens is 363 g/mol. The van der Waals surface area contributed by atoms with Gasteiger partial charge in [0.1, 0.15) is 5.56 Å². The summed E-state index contributed by atoms with van der Waals surface area (Å²) >= 11 is 0. The number of nitrogens with zero attached hydrogens (tertiary/aromatic N) is 1. The number of halogens is 3. The maximum absolute atomic E-state index is 13.4. The van der Waals surface area contributed by atoms with Gasteiger partial charge in [-0.1, -0.05) is 0 Å². The predicted molar refractivity (Wildman–Crippen MR) is 93.8 cm³/mol. The first kappa shape index (κ1) is 20.2. The average Bonchev–Trinajstić information content (AvgIpc) is 2.55. The normalized spacial score (nSPS) is 11.0. The summed E-state index contributed by atoms with van der Waals surface area (Å²) in [5.41, 5.74) is -0.934. The highest BCUT2D eigenvalue weighted by Gasteiger charge is 2.34. The lowest BCUT2D eigenvalue weighted by Gasteiger charge is -2.16. The van der Waals surface area contributed by atoms with Crippen LogP contribution < -0.4 is 15.4 Å². The molecule has 27 heavy (non-hydrogen) atoms.